The zero-order valence-corrected chi connectivity index (χ0v) is 16.1. The summed E-state index contributed by atoms with van der Waals surface area (Å²) in [5, 5.41) is 14.7. The number of benzene rings is 1. The third-order valence-electron chi connectivity index (χ3n) is 4.76. The smallest absolute Gasteiger partial charge is 0.409 e. The minimum atomic E-state index is -0.367. The summed E-state index contributed by atoms with van der Waals surface area (Å²) >= 11 is 1.32. The summed E-state index contributed by atoms with van der Waals surface area (Å²) in [4.78, 5) is 21.1. The number of carbonyl (C=O) groups is 1. The van der Waals surface area contributed by atoms with E-state index in [1.807, 2.05) is 6.07 Å². The highest BCUT2D eigenvalue weighted by atomic mass is 32.1. The third kappa shape index (κ3) is 3.40. The lowest BCUT2D eigenvalue weighted by molar-refractivity contribution is 0.0715. The Hall–Kier alpha value is -2.72. The van der Waals surface area contributed by atoms with E-state index in [-0.39, 0.29) is 23.8 Å². The Bertz CT molecular complexity index is 983. The van der Waals surface area contributed by atoms with E-state index in [1.54, 1.807) is 17.9 Å². The summed E-state index contributed by atoms with van der Waals surface area (Å²) in [6.07, 6.45) is 1.05. The SMILES string of the molecule is CCOC(=O)N1CCN([C@H](c2cccc(F)c2)c2sc3ncnn3c2O)CC1. The van der Waals surface area contributed by atoms with Crippen molar-refractivity contribution in [1.29, 1.82) is 0 Å². The van der Waals surface area contributed by atoms with Gasteiger partial charge in [0.1, 0.15) is 12.1 Å². The fourth-order valence-corrected chi connectivity index (χ4v) is 4.55. The summed E-state index contributed by atoms with van der Waals surface area (Å²) in [6.45, 7) is 4.22. The van der Waals surface area contributed by atoms with E-state index in [0.29, 0.717) is 42.6 Å². The van der Waals surface area contributed by atoms with Crippen molar-refractivity contribution in [2.75, 3.05) is 32.8 Å². The summed E-state index contributed by atoms with van der Waals surface area (Å²) in [5.41, 5.74) is 0.726. The number of amides is 1. The number of fused-ring (bicyclic) bond motifs is 1. The highest BCUT2D eigenvalue weighted by Gasteiger charge is 2.32. The molecule has 3 heterocycles. The lowest BCUT2D eigenvalue weighted by atomic mass is 10.0. The summed E-state index contributed by atoms with van der Waals surface area (Å²) in [6, 6.07) is 5.98. The fraction of sp³-hybridized carbons (Fsp3) is 0.389. The molecule has 28 heavy (non-hydrogen) atoms. The molecule has 0 unspecified atom stereocenters. The molecular formula is C18H20FN5O3S. The molecule has 0 spiro atoms. The van der Waals surface area contributed by atoms with Crippen LogP contribution < -0.4 is 0 Å². The molecule has 1 amide bonds. The Morgan fingerprint density at radius 3 is 2.82 bits per heavy atom. The highest BCUT2D eigenvalue weighted by molar-refractivity contribution is 7.17. The van der Waals surface area contributed by atoms with Gasteiger partial charge in [-0.25, -0.2) is 14.2 Å². The Morgan fingerprint density at radius 1 is 1.36 bits per heavy atom. The number of aromatic hydroxyl groups is 1. The van der Waals surface area contributed by atoms with Gasteiger partial charge in [0.25, 0.3) is 0 Å². The van der Waals surface area contributed by atoms with E-state index < -0.39 is 0 Å². The van der Waals surface area contributed by atoms with Gasteiger partial charge >= 0.3 is 6.09 Å². The first kappa shape index (κ1) is 18.6. The number of halogens is 1. The summed E-state index contributed by atoms with van der Waals surface area (Å²) in [5.74, 6) is -0.341. The number of nitrogens with zero attached hydrogens (tertiary/aromatic N) is 5. The number of hydrogen-bond donors (Lipinski definition) is 1. The van der Waals surface area contributed by atoms with Crippen molar-refractivity contribution >= 4 is 22.4 Å². The molecule has 2 aromatic heterocycles. The van der Waals surface area contributed by atoms with Gasteiger partial charge in [0.05, 0.1) is 17.5 Å². The van der Waals surface area contributed by atoms with Crippen molar-refractivity contribution < 1.29 is 19.0 Å². The van der Waals surface area contributed by atoms with Crippen LogP contribution in [-0.4, -0.2) is 68.4 Å². The monoisotopic (exact) mass is 405 g/mol. The molecule has 1 aromatic carbocycles. The van der Waals surface area contributed by atoms with Gasteiger partial charge in [-0.15, -0.1) is 0 Å². The molecule has 8 nitrogen and oxygen atoms in total. The molecule has 1 saturated heterocycles. The minimum absolute atomic E-state index is 0.000386. The molecule has 10 heteroatoms. The fourth-order valence-electron chi connectivity index (χ4n) is 3.45. The summed E-state index contributed by atoms with van der Waals surface area (Å²) in [7, 11) is 0. The van der Waals surface area contributed by atoms with E-state index in [4.69, 9.17) is 4.74 Å². The van der Waals surface area contributed by atoms with E-state index in [2.05, 4.69) is 15.0 Å². The zero-order chi connectivity index (χ0) is 19.7. The molecule has 0 bridgehead atoms. The molecule has 1 atom stereocenters. The second-order valence-electron chi connectivity index (χ2n) is 6.42. The molecule has 0 radical (unpaired) electrons. The van der Waals surface area contributed by atoms with Gasteiger partial charge in [0.2, 0.25) is 10.8 Å². The Balaban J connectivity index is 1.66. The Morgan fingerprint density at radius 2 is 2.14 bits per heavy atom. The largest absolute Gasteiger partial charge is 0.492 e. The van der Waals surface area contributed by atoms with Crippen LogP contribution in [-0.2, 0) is 4.74 Å². The van der Waals surface area contributed by atoms with Gasteiger partial charge in [-0.2, -0.15) is 9.61 Å². The van der Waals surface area contributed by atoms with Crippen LogP contribution in [0.5, 0.6) is 5.88 Å². The minimum Gasteiger partial charge on any atom is -0.492 e. The standard InChI is InChI=1S/C18H20FN5O3S/c1-2-27-18(26)23-8-6-22(7-9-23)14(12-4-3-5-13(19)10-12)15-16(25)24-17(28-15)20-11-21-24/h3-5,10-11,14,25H,2,6-9H2,1H3/t14-/m1/s1. The zero-order valence-electron chi connectivity index (χ0n) is 15.3. The molecule has 0 aliphatic carbocycles. The van der Waals surface area contributed by atoms with Crippen LogP contribution in [0.1, 0.15) is 23.4 Å². The lowest BCUT2D eigenvalue weighted by Crippen LogP contribution is -2.49. The first-order chi connectivity index (χ1) is 13.6. The van der Waals surface area contributed by atoms with Crippen molar-refractivity contribution in [3.63, 3.8) is 0 Å². The van der Waals surface area contributed by atoms with Crippen LogP contribution in [0.25, 0.3) is 4.96 Å². The topological polar surface area (TPSA) is 83.2 Å². The van der Waals surface area contributed by atoms with Crippen LogP contribution in [0.2, 0.25) is 0 Å². The number of piperazine rings is 1. The Kier molecular flexibility index (Phi) is 5.14. The molecule has 0 saturated carbocycles. The van der Waals surface area contributed by atoms with Crippen molar-refractivity contribution in [2.45, 2.75) is 13.0 Å². The van der Waals surface area contributed by atoms with Crippen molar-refractivity contribution in [3.8, 4) is 5.88 Å². The van der Waals surface area contributed by atoms with Crippen LogP contribution in [0, 0.1) is 5.82 Å². The molecule has 1 fully saturated rings. The quantitative estimate of drug-likeness (QED) is 0.718. The molecule has 4 rings (SSSR count). The van der Waals surface area contributed by atoms with Crippen LogP contribution in [0.15, 0.2) is 30.6 Å². The number of aromatic nitrogens is 3. The van der Waals surface area contributed by atoms with Gasteiger partial charge in [0.15, 0.2) is 0 Å². The maximum Gasteiger partial charge on any atom is 0.409 e. The second kappa shape index (κ2) is 7.72. The molecular weight excluding hydrogens is 385 g/mol. The summed E-state index contributed by atoms with van der Waals surface area (Å²) < 4.78 is 20.4. The van der Waals surface area contributed by atoms with Gasteiger partial charge < -0.3 is 14.7 Å². The van der Waals surface area contributed by atoms with E-state index >= 15 is 0 Å². The maximum atomic E-state index is 13.9. The van der Waals surface area contributed by atoms with E-state index in [0.717, 1.165) is 5.56 Å². The Labute approximate surface area is 164 Å². The second-order valence-corrected chi connectivity index (χ2v) is 7.43. The van der Waals surface area contributed by atoms with Crippen molar-refractivity contribution in [1.82, 2.24) is 24.4 Å². The van der Waals surface area contributed by atoms with E-state index in [1.165, 1.54) is 34.3 Å². The molecule has 1 N–H and O–H groups in total. The van der Waals surface area contributed by atoms with Crippen LogP contribution >= 0.6 is 11.3 Å². The molecule has 3 aromatic rings. The number of carbonyl (C=O) groups excluding carboxylic acids is 1. The average molecular weight is 405 g/mol. The normalized spacial score (nSPS) is 16.4. The third-order valence-corrected chi connectivity index (χ3v) is 5.84. The predicted molar refractivity (Wildman–Crippen MR) is 101 cm³/mol. The maximum absolute atomic E-state index is 13.9. The lowest BCUT2D eigenvalue weighted by Gasteiger charge is -2.38. The van der Waals surface area contributed by atoms with E-state index in [9.17, 15) is 14.3 Å². The first-order valence-corrected chi connectivity index (χ1v) is 9.82. The van der Waals surface area contributed by atoms with Gasteiger partial charge in [-0.1, -0.05) is 23.5 Å². The number of thiazole rings is 1. The van der Waals surface area contributed by atoms with Gasteiger partial charge in [-0.3, -0.25) is 4.90 Å². The van der Waals surface area contributed by atoms with Crippen LogP contribution in [0.3, 0.4) is 0 Å². The van der Waals surface area contributed by atoms with Gasteiger partial charge in [0, 0.05) is 26.2 Å². The average Bonchev–Trinajstić information content (AvgIpc) is 3.27. The number of rotatable bonds is 4. The highest BCUT2D eigenvalue weighted by Crippen LogP contribution is 2.40. The predicted octanol–water partition coefficient (Wildman–Crippen LogP) is 2.50. The number of hydrogen-bond acceptors (Lipinski definition) is 7. The molecule has 1 aliphatic heterocycles. The van der Waals surface area contributed by atoms with Crippen LogP contribution in [0.4, 0.5) is 9.18 Å². The van der Waals surface area contributed by atoms with Crippen molar-refractivity contribution in [3.05, 3.63) is 46.9 Å². The number of ether oxygens (including phenoxy) is 1. The van der Waals surface area contributed by atoms with Crippen molar-refractivity contribution in [2.24, 2.45) is 0 Å². The first-order valence-electron chi connectivity index (χ1n) is 9.01. The molecule has 1 aliphatic rings. The van der Waals surface area contributed by atoms with Gasteiger partial charge in [-0.05, 0) is 24.6 Å². The molecule has 148 valence electrons.